The van der Waals surface area contributed by atoms with Crippen LogP contribution in [0.25, 0.3) is 0 Å². The van der Waals surface area contributed by atoms with Crippen LogP contribution in [0.3, 0.4) is 0 Å². The first-order valence-corrected chi connectivity index (χ1v) is 9.87. The van der Waals surface area contributed by atoms with Gasteiger partial charge >= 0.3 is 0 Å². The van der Waals surface area contributed by atoms with Gasteiger partial charge in [-0.3, -0.25) is 0 Å². The molecule has 7 heteroatoms. The second kappa shape index (κ2) is 9.07. The number of benzene rings is 1. The average Bonchev–Trinajstić information content (AvgIpc) is 3.40. The van der Waals surface area contributed by atoms with Crippen molar-refractivity contribution in [2.45, 2.75) is 64.2 Å². The molecule has 0 radical (unpaired) electrons. The SMILES string of the molecule is CCOC(OCC)[C@@]1([C@H](OCc2ccc(OC)cc2)[C@H]2COC(C)(C)O2)CO1. The first-order valence-electron chi connectivity index (χ1n) is 9.87. The molecule has 158 valence electrons. The van der Waals surface area contributed by atoms with Gasteiger partial charge in [0.2, 0.25) is 0 Å². The molecule has 28 heavy (non-hydrogen) atoms. The number of epoxide rings is 1. The van der Waals surface area contributed by atoms with E-state index in [-0.39, 0.29) is 12.2 Å². The fourth-order valence-corrected chi connectivity index (χ4v) is 3.49. The van der Waals surface area contributed by atoms with E-state index in [0.717, 1.165) is 11.3 Å². The predicted octanol–water partition coefficient (Wildman–Crippen LogP) is 2.90. The van der Waals surface area contributed by atoms with Gasteiger partial charge in [-0.2, -0.15) is 0 Å². The van der Waals surface area contributed by atoms with Crippen LogP contribution in [0.2, 0.25) is 0 Å². The van der Waals surface area contributed by atoms with Gasteiger partial charge in [0.15, 0.2) is 17.7 Å². The summed E-state index contributed by atoms with van der Waals surface area (Å²) in [7, 11) is 1.65. The molecule has 0 saturated carbocycles. The van der Waals surface area contributed by atoms with Crippen LogP contribution >= 0.6 is 0 Å². The average molecular weight is 396 g/mol. The Labute approximate surface area is 167 Å². The Bertz CT molecular complexity index is 606. The monoisotopic (exact) mass is 396 g/mol. The molecule has 0 amide bonds. The van der Waals surface area contributed by atoms with Gasteiger partial charge in [-0.15, -0.1) is 0 Å². The zero-order chi connectivity index (χ0) is 20.2. The number of hydrogen-bond donors (Lipinski definition) is 0. The first-order chi connectivity index (χ1) is 13.4. The van der Waals surface area contributed by atoms with E-state index in [1.165, 1.54) is 0 Å². The van der Waals surface area contributed by atoms with Crippen LogP contribution in [0.1, 0.15) is 33.3 Å². The lowest BCUT2D eigenvalue weighted by molar-refractivity contribution is -0.224. The van der Waals surface area contributed by atoms with E-state index in [9.17, 15) is 0 Å². The maximum absolute atomic E-state index is 6.35. The highest BCUT2D eigenvalue weighted by Crippen LogP contribution is 2.43. The van der Waals surface area contributed by atoms with Gasteiger partial charge in [-0.1, -0.05) is 12.1 Å². The molecular formula is C21H32O7. The van der Waals surface area contributed by atoms with Crippen molar-refractivity contribution in [2.75, 3.05) is 33.5 Å². The minimum atomic E-state index is -0.701. The molecular weight excluding hydrogens is 364 g/mol. The highest BCUT2D eigenvalue weighted by molar-refractivity contribution is 5.26. The first kappa shape index (κ1) is 21.5. The summed E-state index contributed by atoms with van der Waals surface area (Å²) in [5.41, 5.74) is 0.330. The maximum Gasteiger partial charge on any atom is 0.191 e. The maximum atomic E-state index is 6.35. The van der Waals surface area contributed by atoms with E-state index in [0.29, 0.717) is 33.0 Å². The summed E-state index contributed by atoms with van der Waals surface area (Å²) < 4.78 is 41.0. The molecule has 0 aromatic heterocycles. The van der Waals surface area contributed by atoms with Crippen LogP contribution in [0.4, 0.5) is 0 Å². The summed E-state index contributed by atoms with van der Waals surface area (Å²) >= 11 is 0. The highest BCUT2D eigenvalue weighted by Gasteiger charge is 2.63. The van der Waals surface area contributed by atoms with Crippen molar-refractivity contribution in [2.24, 2.45) is 0 Å². The Balaban J connectivity index is 1.76. The minimum absolute atomic E-state index is 0.279. The highest BCUT2D eigenvalue weighted by atomic mass is 16.8. The Kier molecular flexibility index (Phi) is 6.96. The Morgan fingerprint density at radius 3 is 2.14 bits per heavy atom. The molecule has 7 nitrogen and oxygen atoms in total. The lowest BCUT2D eigenvalue weighted by Gasteiger charge is -2.33. The topological polar surface area (TPSA) is 67.9 Å². The summed E-state index contributed by atoms with van der Waals surface area (Å²) in [6, 6.07) is 7.79. The van der Waals surface area contributed by atoms with E-state index in [2.05, 4.69) is 0 Å². The van der Waals surface area contributed by atoms with Crippen molar-refractivity contribution >= 4 is 0 Å². The largest absolute Gasteiger partial charge is 0.497 e. The van der Waals surface area contributed by atoms with Gasteiger partial charge in [0, 0.05) is 13.2 Å². The van der Waals surface area contributed by atoms with Gasteiger partial charge in [0.25, 0.3) is 0 Å². The lowest BCUT2D eigenvalue weighted by Crippen LogP contribution is -2.52. The molecule has 0 bridgehead atoms. The Morgan fingerprint density at radius 2 is 1.68 bits per heavy atom. The molecule has 2 aliphatic rings. The molecule has 3 atom stereocenters. The summed E-state index contributed by atoms with van der Waals surface area (Å²) in [5.74, 6) is 0.152. The summed E-state index contributed by atoms with van der Waals surface area (Å²) in [6.07, 6.45) is -1.19. The van der Waals surface area contributed by atoms with Crippen LogP contribution in [-0.4, -0.2) is 63.4 Å². The molecule has 2 aliphatic heterocycles. The third-order valence-corrected chi connectivity index (χ3v) is 4.95. The zero-order valence-corrected chi connectivity index (χ0v) is 17.4. The second-order valence-corrected chi connectivity index (χ2v) is 7.43. The Hall–Kier alpha value is -1.22. The van der Waals surface area contributed by atoms with Gasteiger partial charge < -0.3 is 33.2 Å². The number of hydrogen-bond acceptors (Lipinski definition) is 7. The smallest absolute Gasteiger partial charge is 0.191 e. The van der Waals surface area contributed by atoms with Crippen molar-refractivity contribution in [1.82, 2.24) is 0 Å². The van der Waals surface area contributed by atoms with E-state index >= 15 is 0 Å². The van der Waals surface area contributed by atoms with Crippen LogP contribution in [0.15, 0.2) is 24.3 Å². The zero-order valence-electron chi connectivity index (χ0n) is 17.4. The second-order valence-electron chi connectivity index (χ2n) is 7.43. The van der Waals surface area contributed by atoms with Crippen molar-refractivity contribution in [1.29, 1.82) is 0 Å². The number of ether oxygens (including phenoxy) is 7. The van der Waals surface area contributed by atoms with Crippen LogP contribution in [-0.2, 0) is 35.0 Å². The van der Waals surface area contributed by atoms with Crippen LogP contribution in [0.5, 0.6) is 5.75 Å². The van der Waals surface area contributed by atoms with E-state index in [4.69, 9.17) is 33.2 Å². The molecule has 0 spiro atoms. The van der Waals surface area contributed by atoms with Crippen molar-refractivity contribution in [3.63, 3.8) is 0 Å². The molecule has 0 unspecified atom stereocenters. The summed E-state index contributed by atoms with van der Waals surface area (Å²) in [5, 5.41) is 0. The van der Waals surface area contributed by atoms with Gasteiger partial charge in [-0.25, -0.2) is 0 Å². The molecule has 0 N–H and O–H groups in total. The predicted molar refractivity (Wildman–Crippen MR) is 102 cm³/mol. The molecule has 0 aliphatic carbocycles. The van der Waals surface area contributed by atoms with Gasteiger partial charge in [-0.05, 0) is 45.4 Å². The molecule has 1 aromatic rings. The van der Waals surface area contributed by atoms with Crippen molar-refractivity contribution in [3.8, 4) is 5.75 Å². The van der Waals surface area contributed by atoms with E-state index in [1.807, 2.05) is 52.0 Å². The van der Waals surface area contributed by atoms with E-state index < -0.39 is 17.7 Å². The van der Waals surface area contributed by atoms with Gasteiger partial charge in [0.1, 0.15) is 18.0 Å². The van der Waals surface area contributed by atoms with Crippen molar-refractivity contribution in [3.05, 3.63) is 29.8 Å². The van der Waals surface area contributed by atoms with Crippen LogP contribution in [0, 0.1) is 0 Å². The normalized spacial score (nSPS) is 27.1. The fraction of sp³-hybridized carbons (Fsp3) is 0.714. The molecule has 1 aromatic carbocycles. The number of rotatable bonds is 11. The standard InChI is InChI=1S/C21H32O7/c1-6-23-19(24-7-2)21(14-27-21)18(17-13-26-20(3,4)28-17)25-12-15-8-10-16(22-5)11-9-15/h8-11,17-19H,6-7,12-14H2,1-5H3/t17-,18-,21+/m1/s1. The third kappa shape index (κ3) is 4.84. The lowest BCUT2D eigenvalue weighted by atomic mass is 9.97. The molecule has 2 fully saturated rings. The molecule has 2 saturated heterocycles. The van der Waals surface area contributed by atoms with Crippen LogP contribution < -0.4 is 4.74 Å². The van der Waals surface area contributed by atoms with E-state index in [1.54, 1.807) is 7.11 Å². The fourth-order valence-electron chi connectivity index (χ4n) is 3.49. The molecule has 2 heterocycles. The number of methoxy groups -OCH3 is 1. The third-order valence-electron chi connectivity index (χ3n) is 4.95. The van der Waals surface area contributed by atoms with Crippen molar-refractivity contribution < 1.29 is 33.2 Å². The molecule has 3 rings (SSSR count). The summed E-state index contributed by atoms with van der Waals surface area (Å²) in [6.45, 7) is 10.0. The minimum Gasteiger partial charge on any atom is -0.497 e. The quantitative estimate of drug-likeness (QED) is 0.421. The Morgan fingerprint density at radius 1 is 1.04 bits per heavy atom. The van der Waals surface area contributed by atoms with Gasteiger partial charge in [0.05, 0.1) is 26.9 Å². The summed E-state index contributed by atoms with van der Waals surface area (Å²) in [4.78, 5) is 0.